The first-order valence-corrected chi connectivity index (χ1v) is 7.34. The summed E-state index contributed by atoms with van der Waals surface area (Å²) in [6, 6.07) is 15.4. The number of rotatable bonds is 3. The van der Waals surface area contributed by atoms with Crippen LogP contribution in [0.3, 0.4) is 0 Å². The minimum atomic E-state index is -0.118. The van der Waals surface area contributed by atoms with Crippen LogP contribution in [0.1, 0.15) is 5.56 Å². The van der Waals surface area contributed by atoms with Crippen LogP contribution in [-0.2, 0) is 6.54 Å². The highest BCUT2D eigenvalue weighted by molar-refractivity contribution is 5.79. The Hall–Kier alpha value is -3.21. The maximum Gasteiger partial charge on any atom is 0.259 e. The molecule has 5 nitrogen and oxygen atoms in total. The summed E-state index contributed by atoms with van der Waals surface area (Å²) in [5.41, 5.74) is 2.64. The van der Waals surface area contributed by atoms with E-state index in [1.165, 1.54) is 0 Å². The van der Waals surface area contributed by atoms with Crippen molar-refractivity contribution in [3.8, 4) is 11.4 Å². The summed E-state index contributed by atoms with van der Waals surface area (Å²) in [4.78, 5) is 23.6. The van der Waals surface area contributed by atoms with Gasteiger partial charge in [0.1, 0.15) is 5.82 Å². The molecule has 2 heterocycles. The third kappa shape index (κ3) is 2.64. The molecule has 2 aromatic heterocycles. The maximum atomic E-state index is 12.1. The van der Waals surface area contributed by atoms with Gasteiger partial charge in [0.05, 0.1) is 17.2 Å². The first kappa shape index (κ1) is 13.5. The summed E-state index contributed by atoms with van der Waals surface area (Å²) in [5.74, 6) is 0.586. The lowest BCUT2D eigenvalue weighted by molar-refractivity contribution is 0.797. The number of aromatic amines is 1. The number of benzene rings is 2. The normalized spacial score (nSPS) is 11.0. The summed E-state index contributed by atoms with van der Waals surface area (Å²) in [6.45, 7) is 0.766. The van der Waals surface area contributed by atoms with E-state index >= 15 is 0 Å². The Balaban J connectivity index is 1.69. The molecule has 0 atom stereocenters. The van der Waals surface area contributed by atoms with Crippen LogP contribution in [0.2, 0.25) is 0 Å². The van der Waals surface area contributed by atoms with Crippen molar-refractivity contribution in [2.24, 2.45) is 0 Å². The topological polar surface area (TPSA) is 63.6 Å². The van der Waals surface area contributed by atoms with Crippen LogP contribution in [0.4, 0.5) is 0 Å². The number of nitrogens with zero attached hydrogens (tertiary/aromatic N) is 3. The van der Waals surface area contributed by atoms with E-state index in [2.05, 4.69) is 15.0 Å². The lowest BCUT2D eigenvalue weighted by Crippen LogP contribution is -2.09. The number of nitrogens with one attached hydrogen (secondary N) is 1. The zero-order chi connectivity index (χ0) is 15.6. The highest BCUT2D eigenvalue weighted by Gasteiger charge is 2.05. The molecule has 0 saturated carbocycles. The van der Waals surface area contributed by atoms with Gasteiger partial charge in [-0.25, -0.2) is 9.97 Å². The molecule has 0 aliphatic carbocycles. The molecule has 0 unspecified atom stereocenters. The fourth-order valence-electron chi connectivity index (χ4n) is 2.58. The van der Waals surface area contributed by atoms with E-state index in [4.69, 9.17) is 0 Å². The summed E-state index contributed by atoms with van der Waals surface area (Å²) >= 11 is 0. The highest BCUT2D eigenvalue weighted by atomic mass is 16.1. The van der Waals surface area contributed by atoms with E-state index in [1.807, 2.05) is 53.2 Å². The Morgan fingerprint density at radius 3 is 2.65 bits per heavy atom. The maximum absolute atomic E-state index is 12.1. The molecular formula is C18H14N4O. The first-order valence-electron chi connectivity index (χ1n) is 7.34. The van der Waals surface area contributed by atoms with Crippen molar-refractivity contribution in [1.29, 1.82) is 0 Å². The van der Waals surface area contributed by atoms with Gasteiger partial charge < -0.3 is 9.55 Å². The second-order valence-corrected chi connectivity index (χ2v) is 5.36. The molecule has 4 rings (SSSR count). The number of fused-ring (bicyclic) bond motifs is 1. The second-order valence-electron chi connectivity index (χ2n) is 5.36. The van der Waals surface area contributed by atoms with Gasteiger partial charge in [-0.15, -0.1) is 0 Å². The van der Waals surface area contributed by atoms with Gasteiger partial charge in [0.15, 0.2) is 0 Å². The van der Waals surface area contributed by atoms with Gasteiger partial charge in [0.25, 0.3) is 5.56 Å². The molecule has 0 amide bonds. The first-order chi connectivity index (χ1) is 11.3. The van der Waals surface area contributed by atoms with Gasteiger partial charge in [-0.2, -0.15) is 0 Å². The van der Waals surface area contributed by atoms with Gasteiger partial charge in [-0.3, -0.25) is 4.79 Å². The van der Waals surface area contributed by atoms with E-state index in [9.17, 15) is 4.79 Å². The van der Waals surface area contributed by atoms with E-state index < -0.39 is 0 Å². The standard InChI is InChI=1S/C18H14N4O/c23-18-15-3-1-2-4-16(15)20-17(21-18)14-7-5-13(6-8-14)11-22-10-9-19-12-22/h1-10,12H,11H2,(H,20,21,23). The van der Waals surface area contributed by atoms with Crippen molar-refractivity contribution in [2.75, 3.05) is 0 Å². The Labute approximate surface area is 132 Å². The van der Waals surface area contributed by atoms with Crippen molar-refractivity contribution in [2.45, 2.75) is 6.54 Å². The van der Waals surface area contributed by atoms with E-state index in [-0.39, 0.29) is 5.56 Å². The molecule has 0 spiro atoms. The molecule has 0 aliphatic rings. The molecule has 0 bridgehead atoms. The highest BCUT2D eigenvalue weighted by Crippen LogP contribution is 2.17. The summed E-state index contributed by atoms with van der Waals surface area (Å²) < 4.78 is 2.01. The smallest absolute Gasteiger partial charge is 0.259 e. The predicted molar refractivity (Wildman–Crippen MR) is 89.1 cm³/mol. The van der Waals surface area contributed by atoms with Crippen LogP contribution in [-0.4, -0.2) is 19.5 Å². The Morgan fingerprint density at radius 1 is 1.04 bits per heavy atom. The molecule has 1 N–H and O–H groups in total. The van der Waals surface area contributed by atoms with Gasteiger partial charge in [-0.05, 0) is 17.7 Å². The number of para-hydroxylation sites is 1. The average Bonchev–Trinajstić information content (AvgIpc) is 3.08. The van der Waals surface area contributed by atoms with Gasteiger partial charge in [0.2, 0.25) is 0 Å². The number of hydrogen-bond donors (Lipinski definition) is 1. The molecule has 0 radical (unpaired) electrons. The number of hydrogen-bond acceptors (Lipinski definition) is 3. The minimum Gasteiger partial charge on any atom is -0.333 e. The molecule has 5 heteroatoms. The summed E-state index contributed by atoms with van der Waals surface area (Å²) in [7, 11) is 0. The predicted octanol–water partition coefficient (Wildman–Crippen LogP) is 2.83. The SMILES string of the molecule is O=c1[nH]c(-c2ccc(Cn3ccnc3)cc2)nc2ccccc12. The number of imidazole rings is 1. The Kier molecular flexibility index (Phi) is 3.24. The Morgan fingerprint density at radius 2 is 1.87 bits per heavy atom. The molecule has 0 fully saturated rings. The molecule has 0 aliphatic heterocycles. The molecule has 4 aromatic rings. The average molecular weight is 302 g/mol. The van der Waals surface area contributed by atoms with Crippen LogP contribution in [0.25, 0.3) is 22.3 Å². The third-order valence-corrected chi connectivity index (χ3v) is 3.76. The fraction of sp³-hybridized carbons (Fsp3) is 0.0556. The lowest BCUT2D eigenvalue weighted by Gasteiger charge is -2.06. The van der Waals surface area contributed by atoms with Crippen molar-refractivity contribution in [1.82, 2.24) is 19.5 Å². The van der Waals surface area contributed by atoms with Crippen LogP contribution in [0, 0.1) is 0 Å². The minimum absolute atomic E-state index is 0.118. The van der Waals surface area contributed by atoms with Crippen LogP contribution in [0.5, 0.6) is 0 Å². The zero-order valence-electron chi connectivity index (χ0n) is 12.3. The van der Waals surface area contributed by atoms with E-state index in [0.717, 1.165) is 17.7 Å². The van der Waals surface area contributed by atoms with Crippen molar-refractivity contribution in [3.05, 3.63) is 83.2 Å². The molecular weight excluding hydrogens is 288 g/mol. The van der Waals surface area contributed by atoms with Gasteiger partial charge >= 0.3 is 0 Å². The lowest BCUT2D eigenvalue weighted by atomic mass is 10.1. The van der Waals surface area contributed by atoms with E-state index in [0.29, 0.717) is 16.7 Å². The van der Waals surface area contributed by atoms with Crippen molar-refractivity contribution >= 4 is 10.9 Å². The van der Waals surface area contributed by atoms with Crippen LogP contribution < -0.4 is 5.56 Å². The van der Waals surface area contributed by atoms with Crippen molar-refractivity contribution < 1.29 is 0 Å². The summed E-state index contributed by atoms with van der Waals surface area (Å²) in [6.07, 6.45) is 5.48. The molecule has 112 valence electrons. The molecule has 0 saturated heterocycles. The number of aromatic nitrogens is 4. The Bertz CT molecular complexity index is 1000. The molecule has 2 aromatic carbocycles. The quantitative estimate of drug-likeness (QED) is 0.633. The third-order valence-electron chi connectivity index (χ3n) is 3.76. The van der Waals surface area contributed by atoms with Crippen LogP contribution in [0.15, 0.2) is 72.0 Å². The van der Waals surface area contributed by atoms with Gasteiger partial charge in [-0.1, -0.05) is 36.4 Å². The summed E-state index contributed by atoms with van der Waals surface area (Å²) in [5, 5.41) is 0.605. The number of H-pyrrole nitrogens is 1. The van der Waals surface area contributed by atoms with Gasteiger partial charge in [0, 0.05) is 24.5 Å². The monoisotopic (exact) mass is 302 g/mol. The largest absolute Gasteiger partial charge is 0.333 e. The van der Waals surface area contributed by atoms with E-state index in [1.54, 1.807) is 18.6 Å². The fourth-order valence-corrected chi connectivity index (χ4v) is 2.58. The molecule has 23 heavy (non-hydrogen) atoms. The zero-order valence-corrected chi connectivity index (χ0v) is 12.3. The second kappa shape index (κ2) is 5.53. The van der Waals surface area contributed by atoms with Crippen molar-refractivity contribution in [3.63, 3.8) is 0 Å². The van der Waals surface area contributed by atoms with Crippen LogP contribution >= 0.6 is 0 Å².